The fourth-order valence-electron chi connectivity index (χ4n) is 5.17. The Morgan fingerprint density at radius 1 is 0.943 bits per heavy atom. The number of ether oxygens (including phenoxy) is 3. The summed E-state index contributed by atoms with van der Waals surface area (Å²) in [6.07, 6.45) is 6.40. The third-order valence-electron chi connectivity index (χ3n) is 7.07. The molecular weight excluding hydrogens is 444 g/mol. The lowest BCUT2D eigenvalue weighted by Crippen LogP contribution is -2.20. The van der Waals surface area contributed by atoms with Gasteiger partial charge in [0.25, 0.3) is 0 Å². The number of anilines is 2. The first-order valence-corrected chi connectivity index (χ1v) is 13.0. The molecule has 186 valence electrons. The normalized spacial score (nSPS) is 23.5. The van der Waals surface area contributed by atoms with Gasteiger partial charge in [-0.3, -0.25) is 0 Å². The Morgan fingerprint density at radius 3 is 2.71 bits per heavy atom. The van der Waals surface area contributed by atoms with Crippen molar-refractivity contribution in [2.24, 2.45) is 0 Å². The van der Waals surface area contributed by atoms with Gasteiger partial charge in [0.1, 0.15) is 23.8 Å². The van der Waals surface area contributed by atoms with Crippen LogP contribution in [0.5, 0.6) is 6.01 Å². The van der Waals surface area contributed by atoms with Crippen molar-refractivity contribution in [1.29, 1.82) is 0 Å². The van der Waals surface area contributed by atoms with Crippen molar-refractivity contribution in [3.8, 4) is 17.4 Å². The van der Waals surface area contributed by atoms with Gasteiger partial charge in [-0.1, -0.05) is 0 Å². The molecule has 3 aliphatic heterocycles. The van der Waals surface area contributed by atoms with E-state index < -0.39 is 0 Å². The zero-order chi connectivity index (χ0) is 23.6. The zero-order valence-corrected chi connectivity index (χ0v) is 20.4. The maximum atomic E-state index is 6.13. The highest BCUT2D eigenvalue weighted by atomic mass is 16.5. The van der Waals surface area contributed by atoms with Crippen LogP contribution in [0.3, 0.4) is 0 Å². The zero-order valence-electron chi connectivity index (χ0n) is 20.4. The van der Waals surface area contributed by atoms with Crippen LogP contribution >= 0.6 is 0 Å². The van der Waals surface area contributed by atoms with Crippen LogP contribution in [0.25, 0.3) is 22.3 Å². The minimum Gasteiger partial charge on any atom is -0.461 e. The van der Waals surface area contributed by atoms with E-state index in [1.165, 1.54) is 12.8 Å². The smallest absolute Gasteiger partial charge is 0.319 e. The Bertz CT molecular complexity index is 1170. The number of hydrogen-bond acceptors (Lipinski definition) is 8. The summed E-state index contributed by atoms with van der Waals surface area (Å²) >= 11 is 0. The van der Waals surface area contributed by atoms with Gasteiger partial charge in [0.15, 0.2) is 6.23 Å². The Kier molecular flexibility index (Phi) is 6.43. The highest BCUT2D eigenvalue weighted by Gasteiger charge is 2.25. The van der Waals surface area contributed by atoms with E-state index in [0.717, 1.165) is 79.2 Å². The lowest BCUT2D eigenvalue weighted by atomic mass is 10.1. The van der Waals surface area contributed by atoms with E-state index >= 15 is 0 Å². The summed E-state index contributed by atoms with van der Waals surface area (Å²) in [6, 6.07) is 9.18. The van der Waals surface area contributed by atoms with Crippen LogP contribution in [0.1, 0.15) is 51.7 Å². The molecule has 0 spiro atoms. The molecule has 1 N–H and O–H groups in total. The Morgan fingerprint density at radius 2 is 1.86 bits per heavy atom. The molecule has 9 nitrogen and oxygen atoms in total. The first kappa shape index (κ1) is 22.5. The number of hydrogen-bond donors (Lipinski definition) is 1. The van der Waals surface area contributed by atoms with Crippen LogP contribution in [-0.4, -0.2) is 65.3 Å². The minimum atomic E-state index is -0.0592. The standard InChI is InChI=1S/C26H34N6O3/c1-18-9-13-33-14-15-35-26-28-21(17-23(29-26)31-10-3-4-11-31)25-20-16-19(27-18)7-8-22(20)32(30-25)24-6-2-5-12-34-24/h7-8,16-18,24,27H,2-6,9-15H2,1H3/t18-,24?/m0/s1. The molecule has 1 aromatic carbocycles. The molecule has 9 heteroatoms. The monoisotopic (exact) mass is 478 g/mol. The first-order chi connectivity index (χ1) is 17.2. The third kappa shape index (κ3) is 4.79. The van der Waals surface area contributed by atoms with Crippen LogP contribution in [0, 0.1) is 0 Å². The summed E-state index contributed by atoms with van der Waals surface area (Å²) in [5.74, 6) is 0.896. The highest BCUT2D eigenvalue weighted by Crippen LogP contribution is 2.35. The first-order valence-electron chi connectivity index (χ1n) is 13.0. The molecule has 2 saturated heterocycles. The maximum Gasteiger partial charge on any atom is 0.319 e. The molecule has 2 atom stereocenters. The lowest BCUT2D eigenvalue weighted by molar-refractivity contribution is -0.0365. The Labute approximate surface area is 205 Å². The van der Waals surface area contributed by atoms with Gasteiger partial charge >= 0.3 is 6.01 Å². The quantitative estimate of drug-likeness (QED) is 0.580. The van der Waals surface area contributed by atoms with Gasteiger partial charge in [0, 0.05) is 49.5 Å². The Balaban J connectivity index is 1.50. The number of fused-ring (bicyclic) bond motifs is 4. The minimum absolute atomic E-state index is 0.0592. The van der Waals surface area contributed by atoms with Crippen molar-refractivity contribution in [2.75, 3.05) is 49.7 Å². The molecule has 1 unspecified atom stereocenters. The summed E-state index contributed by atoms with van der Waals surface area (Å²) < 4.78 is 19.9. The summed E-state index contributed by atoms with van der Waals surface area (Å²) in [5.41, 5.74) is 3.74. The molecule has 0 amide bonds. The molecule has 3 aromatic rings. The third-order valence-corrected chi connectivity index (χ3v) is 7.07. The Hall–Kier alpha value is -2.91. The van der Waals surface area contributed by atoms with Crippen molar-refractivity contribution >= 4 is 22.4 Å². The molecule has 2 aromatic heterocycles. The second-order valence-corrected chi connectivity index (χ2v) is 9.73. The van der Waals surface area contributed by atoms with Gasteiger partial charge in [-0.05, 0) is 63.6 Å². The van der Waals surface area contributed by atoms with Crippen LogP contribution in [0.15, 0.2) is 24.3 Å². The SMILES string of the molecule is C[C@H]1CCOCCOc2nc(cc(N3CCCC3)n2)-c2nn(C3CCCCO3)c3ccc(cc23)N1. The summed E-state index contributed by atoms with van der Waals surface area (Å²) in [4.78, 5) is 11.9. The number of nitrogens with one attached hydrogen (secondary N) is 1. The van der Waals surface area contributed by atoms with Crippen molar-refractivity contribution in [3.05, 3.63) is 24.3 Å². The van der Waals surface area contributed by atoms with Crippen molar-refractivity contribution in [3.63, 3.8) is 0 Å². The van der Waals surface area contributed by atoms with Gasteiger partial charge in [0.2, 0.25) is 0 Å². The van der Waals surface area contributed by atoms with Crippen molar-refractivity contribution < 1.29 is 14.2 Å². The molecule has 5 heterocycles. The molecule has 6 rings (SSSR count). The van der Waals surface area contributed by atoms with Crippen LogP contribution in [0.4, 0.5) is 11.5 Å². The van der Waals surface area contributed by atoms with E-state index in [1.807, 2.05) is 4.68 Å². The summed E-state index contributed by atoms with van der Waals surface area (Å²) in [7, 11) is 0. The maximum absolute atomic E-state index is 6.13. The van der Waals surface area contributed by atoms with E-state index in [1.54, 1.807) is 0 Å². The fourth-order valence-corrected chi connectivity index (χ4v) is 5.17. The predicted octanol–water partition coefficient (Wildman–Crippen LogP) is 4.39. The van der Waals surface area contributed by atoms with Crippen LogP contribution < -0.4 is 15.0 Å². The number of nitrogens with zero attached hydrogens (tertiary/aromatic N) is 5. The van der Waals surface area contributed by atoms with Gasteiger partial charge in [0.05, 0.1) is 12.1 Å². The topological polar surface area (TPSA) is 86.6 Å². The lowest BCUT2D eigenvalue weighted by Gasteiger charge is -2.23. The van der Waals surface area contributed by atoms with Gasteiger partial charge in [-0.15, -0.1) is 0 Å². The summed E-state index contributed by atoms with van der Waals surface area (Å²) in [5, 5.41) is 9.78. The number of rotatable bonds is 2. The average molecular weight is 479 g/mol. The molecule has 2 fully saturated rings. The van der Waals surface area contributed by atoms with Gasteiger partial charge in [-0.25, -0.2) is 4.68 Å². The molecule has 35 heavy (non-hydrogen) atoms. The van der Waals surface area contributed by atoms with E-state index in [-0.39, 0.29) is 12.3 Å². The summed E-state index contributed by atoms with van der Waals surface area (Å²) in [6.45, 7) is 6.53. The predicted molar refractivity (Wildman–Crippen MR) is 135 cm³/mol. The van der Waals surface area contributed by atoms with Crippen molar-refractivity contribution in [2.45, 2.75) is 57.7 Å². The molecule has 4 bridgehead atoms. The van der Waals surface area contributed by atoms with E-state index in [4.69, 9.17) is 29.3 Å². The van der Waals surface area contributed by atoms with Gasteiger partial charge in [-0.2, -0.15) is 15.1 Å². The van der Waals surface area contributed by atoms with Crippen molar-refractivity contribution in [1.82, 2.24) is 19.7 Å². The molecular formula is C26H34N6O3. The molecule has 0 radical (unpaired) electrons. The number of benzene rings is 1. The van der Waals surface area contributed by atoms with Crippen LogP contribution in [-0.2, 0) is 9.47 Å². The second-order valence-electron chi connectivity index (χ2n) is 9.73. The van der Waals surface area contributed by atoms with Crippen LogP contribution in [0.2, 0.25) is 0 Å². The second kappa shape index (κ2) is 9.99. The molecule has 3 aliphatic rings. The number of aromatic nitrogens is 4. The van der Waals surface area contributed by atoms with E-state index in [0.29, 0.717) is 25.8 Å². The average Bonchev–Trinajstić information content (AvgIpc) is 3.55. The fraction of sp³-hybridized carbons (Fsp3) is 0.577. The largest absolute Gasteiger partial charge is 0.461 e. The molecule has 0 aliphatic carbocycles. The van der Waals surface area contributed by atoms with E-state index in [2.05, 4.69) is 41.4 Å². The molecule has 0 saturated carbocycles. The highest BCUT2D eigenvalue weighted by molar-refractivity contribution is 5.95. The van der Waals surface area contributed by atoms with E-state index in [9.17, 15) is 0 Å². The van der Waals surface area contributed by atoms with Gasteiger partial charge < -0.3 is 24.4 Å².